The van der Waals surface area contributed by atoms with Gasteiger partial charge in [-0.05, 0) is 30.5 Å². The minimum atomic E-state index is -4.49. The summed E-state index contributed by atoms with van der Waals surface area (Å²) in [6.45, 7) is 8.26. The zero-order valence-corrected chi connectivity index (χ0v) is 17.2. The average Bonchev–Trinajstić information content (AvgIpc) is 2.72. The number of nitrogens with zero attached hydrogens (tertiary/aromatic N) is 2. The Morgan fingerprint density at radius 2 is 1.73 bits per heavy atom. The number of piperazine rings is 1. The van der Waals surface area contributed by atoms with Crippen LogP contribution in [0.25, 0.3) is 0 Å². The molecule has 0 aromatic heterocycles. The van der Waals surface area contributed by atoms with Gasteiger partial charge in [0.25, 0.3) is 0 Å². The second-order valence-corrected chi connectivity index (χ2v) is 7.93. The number of piperidine rings is 1. The van der Waals surface area contributed by atoms with E-state index in [1.807, 2.05) is 29.6 Å². The first-order chi connectivity index (χ1) is 14.3. The molecule has 3 rings (SSSR count). The van der Waals surface area contributed by atoms with Crippen molar-refractivity contribution in [2.75, 3.05) is 32.7 Å². The van der Waals surface area contributed by atoms with Crippen molar-refractivity contribution in [3.8, 4) is 0 Å². The molecule has 2 amide bonds. The Morgan fingerprint density at radius 1 is 1.10 bits per heavy atom. The van der Waals surface area contributed by atoms with E-state index in [1.54, 1.807) is 0 Å². The first-order valence-electron chi connectivity index (χ1n) is 10.4. The van der Waals surface area contributed by atoms with Crippen LogP contribution < -0.4 is 10.6 Å². The van der Waals surface area contributed by atoms with Gasteiger partial charge in [-0.2, -0.15) is 13.2 Å². The molecule has 0 saturated carbocycles. The van der Waals surface area contributed by atoms with E-state index in [1.165, 1.54) is 0 Å². The van der Waals surface area contributed by atoms with Gasteiger partial charge in [0.2, 0.25) is 11.8 Å². The number of amides is 2. The number of benzene rings is 1. The van der Waals surface area contributed by atoms with E-state index in [9.17, 15) is 22.8 Å². The fraction of sp³-hybridized carbons (Fsp3) is 0.619. The Hall–Kier alpha value is -2.13. The molecule has 1 aromatic rings. The number of carbonyl (C=O) groups is 2. The smallest absolute Gasteiger partial charge is 0.351 e. The number of alkyl halides is 3. The lowest BCUT2D eigenvalue weighted by molar-refractivity contribution is -0.171. The summed E-state index contributed by atoms with van der Waals surface area (Å²) in [5.74, 6) is -2.47. The van der Waals surface area contributed by atoms with Crippen LogP contribution in [-0.4, -0.2) is 66.6 Å². The van der Waals surface area contributed by atoms with Crippen molar-refractivity contribution < 1.29 is 22.8 Å². The molecule has 2 fully saturated rings. The Bertz CT molecular complexity index is 748. The van der Waals surface area contributed by atoms with Crippen molar-refractivity contribution in [1.82, 2.24) is 20.4 Å². The van der Waals surface area contributed by atoms with Gasteiger partial charge in [-0.1, -0.05) is 31.2 Å². The monoisotopic (exact) mass is 426 g/mol. The van der Waals surface area contributed by atoms with Crippen LogP contribution in [0.1, 0.15) is 30.9 Å². The van der Waals surface area contributed by atoms with E-state index in [2.05, 4.69) is 22.0 Å². The van der Waals surface area contributed by atoms with Gasteiger partial charge in [0.1, 0.15) is 12.0 Å². The van der Waals surface area contributed by atoms with Crippen molar-refractivity contribution in [3.05, 3.63) is 35.4 Å². The number of hydrogen-bond donors (Lipinski definition) is 2. The van der Waals surface area contributed by atoms with Crippen molar-refractivity contribution >= 4 is 11.8 Å². The van der Waals surface area contributed by atoms with Crippen LogP contribution in [0.2, 0.25) is 0 Å². The third-order valence-electron chi connectivity index (χ3n) is 5.97. The van der Waals surface area contributed by atoms with Crippen molar-refractivity contribution in [2.45, 2.75) is 45.1 Å². The molecule has 2 heterocycles. The van der Waals surface area contributed by atoms with Gasteiger partial charge in [0.15, 0.2) is 0 Å². The maximum Gasteiger partial charge on any atom is 0.408 e. The van der Waals surface area contributed by atoms with Gasteiger partial charge >= 0.3 is 6.18 Å². The van der Waals surface area contributed by atoms with Crippen molar-refractivity contribution in [1.29, 1.82) is 0 Å². The summed E-state index contributed by atoms with van der Waals surface area (Å²) in [5, 5.41) is 4.66. The zero-order chi connectivity index (χ0) is 21.7. The Labute approximate surface area is 174 Å². The first kappa shape index (κ1) is 22.6. The standard InChI is InChI=1S/C21H29F3N4O2/c1-2-27-9-11-28(12-10-27)14-16-6-4-3-5-15(16)13-25-19(29)17-7-8-18(21(22,23)24)26-20(17)30/h3-6,17-18H,2,7-14H2,1H3,(H,25,29)(H,26,30). The molecule has 0 bridgehead atoms. The molecular weight excluding hydrogens is 397 g/mol. The molecule has 0 radical (unpaired) electrons. The number of carbonyl (C=O) groups excluding carboxylic acids is 2. The molecule has 2 atom stereocenters. The molecule has 2 aliphatic heterocycles. The Balaban J connectivity index is 1.54. The summed E-state index contributed by atoms with van der Waals surface area (Å²) in [5.41, 5.74) is 2.06. The number of hydrogen-bond acceptors (Lipinski definition) is 4. The van der Waals surface area contributed by atoms with Gasteiger partial charge in [0, 0.05) is 39.3 Å². The van der Waals surface area contributed by atoms with E-state index < -0.39 is 30.0 Å². The summed E-state index contributed by atoms with van der Waals surface area (Å²) in [6.07, 6.45) is -4.88. The van der Waals surface area contributed by atoms with Crippen molar-refractivity contribution in [2.24, 2.45) is 5.92 Å². The molecule has 9 heteroatoms. The second kappa shape index (κ2) is 9.78. The largest absolute Gasteiger partial charge is 0.408 e. The highest BCUT2D eigenvalue weighted by Gasteiger charge is 2.45. The van der Waals surface area contributed by atoms with E-state index in [4.69, 9.17) is 0 Å². The summed E-state index contributed by atoms with van der Waals surface area (Å²) in [7, 11) is 0. The number of likely N-dealkylation sites (N-methyl/N-ethyl adjacent to an activating group) is 1. The van der Waals surface area contributed by atoms with Gasteiger partial charge in [0.05, 0.1) is 0 Å². The fourth-order valence-electron chi connectivity index (χ4n) is 4.00. The fourth-order valence-corrected chi connectivity index (χ4v) is 4.00. The summed E-state index contributed by atoms with van der Waals surface area (Å²) >= 11 is 0. The third-order valence-corrected chi connectivity index (χ3v) is 5.97. The number of nitrogens with one attached hydrogen (secondary N) is 2. The molecular formula is C21H29F3N4O2. The zero-order valence-electron chi connectivity index (χ0n) is 17.2. The van der Waals surface area contributed by atoms with Crippen LogP contribution in [0.15, 0.2) is 24.3 Å². The third kappa shape index (κ3) is 5.72. The molecule has 2 saturated heterocycles. The van der Waals surface area contributed by atoms with Gasteiger partial charge < -0.3 is 15.5 Å². The molecule has 0 aliphatic carbocycles. The van der Waals surface area contributed by atoms with E-state index in [-0.39, 0.29) is 19.4 Å². The van der Waals surface area contributed by atoms with E-state index >= 15 is 0 Å². The summed E-state index contributed by atoms with van der Waals surface area (Å²) in [4.78, 5) is 29.2. The molecule has 2 aliphatic rings. The van der Waals surface area contributed by atoms with Crippen LogP contribution in [-0.2, 0) is 22.7 Å². The average molecular weight is 426 g/mol. The molecule has 30 heavy (non-hydrogen) atoms. The van der Waals surface area contributed by atoms with E-state index in [0.29, 0.717) is 0 Å². The van der Waals surface area contributed by atoms with E-state index in [0.717, 1.165) is 50.4 Å². The minimum absolute atomic E-state index is 0.106. The number of rotatable bonds is 6. The van der Waals surface area contributed by atoms with Crippen LogP contribution in [0.4, 0.5) is 13.2 Å². The lowest BCUT2D eigenvalue weighted by Gasteiger charge is -2.34. The molecule has 2 unspecified atom stereocenters. The molecule has 166 valence electrons. The predicted octanol–water partition coefficient (Wildman–Crippen LogP) is 1.90. The maximum absolute atomic E-state index is 12.8. The molecule has 1 aromatic carbocycles. The SMILES string of the molecule is CCN1CCN(Cc2ccccc2CNC(=O)C2CCC(C(F)(F)F)NC2=O)CC1. The lowest BCUT2D eigenvalue weighted by Crippen LogP contribution is -2.54. The maximum atomic E-state index is 12.8. The van der Waals surface area contributed by atoms with Crippen molar-refractivity contribution in [3.63, 3.8) is 0 Å². The quantitative estimate of drug-likeness (QED) is 0.682. The topological polar surface area (TPSA) is 64.7 Å². The lowest BCUT2D eigenvalue weighted by atomic mass is 9.92. The van der Waals surface area contributed by atoms with Crippen LogP contribution >= 0.6 is 0 Å². The predicted molar refractivity (Wildman–Crippen MR) is 106 cm³/mol. The van der Waals surface area contributed by atoms with Crippen LogP contribution in [0.5, 0.6) is 0 Å². The molecule has 0 spiro atoms. The second-order valence-electron chi connectivity index (χ2n) is 7.93. The highest BCUT2D eigenvalue weighted by molar-refractivity contribution is 6.00. The molecule has 2 N–H and O–H groups in total. The van der Waals surface area contributed by atoms with Gasteiger partial charge in [-0.15, -0.1) is 0 Å². The van der Waals surface area contributed by atoms with Gasteiger partial charge in [-0.25, -0.2) is 0 Å². The molecule has 6 nitrogen and oxygen atoms in total. The Morgan fingerprint density at radius 3 is 2.33 bits per heavy atom. The minimum Gasteiger partial charge on any atom is -0.351 e. The van der Waals surface area contributed by atoms with Crippen LogP contribution in [0.3, 0.4) is 0 Å². The summed E-state index contributed by atoms with van der Waals surface area (Å²) < 4.78 is 38.3. The summed E-state index contributed by atoms with van der Waals surface area (Å²) in [6, 6.07) is 5.92. The number of halogens is 3. The van der Waals surface area contributed by atoms with Crippen LogP contribution in [0, 0.1) is 5.92 Å². The normalized spacial score (nSPS) is 23.8. The van der Waals surface area contributed by atoms with Gasteiger partial charge in [-0.3, -0.25) is 14.5 Å². The first-order valence-corrected chi connectivity index (χ1v) is 10.4. The highest BCUT2D eigenvalue weighted by atomic mass is 19.4. The highest BCUT2D eigenvalue weighted by Crippen LogP contribution is 2.28. The Kier molecular flexibility index (Phi) is 7.36.